The smallest absolute Gasteiger partial charge is 0.222 e. The number of likely N-dealkylation sites (tertiary alicyclic amines) is 1. The number of rotatable bonds is 4. The first-order valence-electron chi connectivity index (χ1n) is 8.58. The van der Waals surface area contributed by atoms with Crippen LogP contribution in [0, 0.1) is 5.92 Å². The summed E-state index contributed by atoms with van der Waals surface area (Å²) in [6.07, 6.45) is 8.23. The van der Waals surface area contributed by atoms with E-state index >= 15 is 0 Å². The number of aromatic nitrogens is 3. The van der Waals surface area contributed by atoms with Crippen molar-refractivity contribution in [2.24, 2.45) is 18.7 Å². The molecule has 2 aromatic rings. The van der Waals surface area contributed by atoms with Crippen molar-refractivity contribution in [1.82, 2.24) is 19.8 Å². The first-order valence-corrected chi connectivity index (χ1v) is 8.58. The lowest BCUT2D eigenvalue weighted by molar-refractivity contribution is -0.121. The Kier molecular flexibility index (Phi) is 5.47. The fourth-order valence-corrected chi connectivity index (χ4v) is 4.06. The summed E-state index contributed by atoms with van der Waals surface area (Å²) in [5.41, 5.74) is 9.03. The number of fused-ring (bicyclic) bond motifs is 1. The summed E-state index contributed by atoms with van der Waals surface area (Å²) in [5.74, 6) is 0.718. The van der Waals surface area contributed by atoms with Crippen molar-refractivity contribution in [2.45, 2.75) is 38.1 Å². The second-order valence-corrected chi connectivity index (χ2v) is 6.99. The van der Waals surface area contributed by atoms with Gasteiger partial charge >= 0.3 is 0 Å². The van der Waals surface area contributed by atoms with Crippen LogP contribution < -0.4 is 5.73 Å². The standard InChI is InChI=1S/C17H23N5O2.HI/c1-21-7-11(6-19-21)13-8-22(9-14(13)17(18)23)10-15-12-4-2-3-5-16(12)24-20-15;/h6-7,13-14H,2-5,8-10H2,1H3,(H2,18,23);1H/t13-,14+;/m1./s1. The van der Waals surface area contributed by atoms with E-state index in [9.17, 15) is 4.79 Å². The molecule has 2 aliphatic rings. The van der Waals surface area contributed by atoms with E-state index in [4.69, 9.17) is 10.3 Å². The molecule has 0 unspecified atom stereocenters. The van der Waals surface area contributed by atoms with Crippen LogP contribution in [0.15, 0.2) is 16.9 Å². The van der Waals surface area contributed by atoms with Crippen molar-refractivity contribution in [2.75, 3.05) is 13.1 Å². The topological polar surface area (TPSA) is 90.2 Å². The molecular weight excluding hydrogens is 433 g/mol. The van der Waals surface area contributed by atoms with Crippen molar-refractivity contribution in [3.8, 4) is 0 Å². The molecule has 4 rings (SSSR count). The van der Waals surface area contributed by atoms with Crippen LogP contribution in [-0.2, 0) is 31.2 Å². The second-order valence-electron chi connectivity index (χ2n) is 6.99. The number of aryl methyl sites for hydroxylation is 2. The Balaban J connectivity index is 0.00000182. The van der Waals surface area contributed by atoms with Gasteiger partial charge in [0.15, 0.2) is 0 Å². The Morgan fingerprint density at radius 3 is 2.88 bits per heavy atom. The molecule has 1 fully saturated rings. The highest BCUT2D eigenvalue weighted by Gasteiger charge is 2.38. The molecule has 0 aromatic carbocycles. The highest BCUT2D eigenvalue weighted by Crippen LogP contribution is 2.34. The normalized spacial score (nSPS) is 23.2. The molecule has 0 spiro atoms. The maximum Gasteiger partial charge on any atom is 0.222 e. The summed E-state index contributed by atoms with van der Waals surface area (Å²) < 4.78 is 7.27. The van der Waals surface area contributed by atoms with Crippen LogP contribution in [0.5, 0.6) is 0 Å². The third kappa shape index (κ3) is 3.59. The van der Waals surface area contributed by atoms with Gasteiger partial charge in [-0.25, -0.2) is 0 Å². The van der Waals surface area contributed by atoms with E-state index in [1.54, 1.807) is 4.68 Å². The van der Waals surface area contributed by atoms with E-state index in [0.717, 1.165) is 42.9 Å². The molecular formula is C17H24IN5O2. The Hall–Kier alpha value is -1.42. The maximum atomic E-state index is 11.9. The van der Waals surface area contributed by atoms with Gasteiger partial charge in [0.2, 0.25) is 5.91 Å². The average Bonchev–Trinajstić information content (AvgIpc) is 3.26. The van der Waals surface area contributed by atoms with E-state index in [0.29, 0.717) is 6.54 Å². The number of carbonyl (C=O) groups is 1. The van der Waals surface area contributed by atoms with Crippen molar-refractivity contribution < 1.29 is 9.32 Å². The first-order chi connectivity index (χ1) is 11.6. The lowest BCUT2D eigenvalue weighted by Crippen LogP contribution is -2.29. The van der Waals surface area contributed by atoms with Crippen LogP contribution in [0.25, 0.3) is 0 Å². The van der Waals surface area contributed by atoms with Crippen LogP contribution >= 0.6 is 24.0 Å². The van der Waals surface area contributed by atoms with Gasteiger partial charge in [-0.15, -0.1) is 24.0 Å². The largest absolute Gasteiger partial charge is 0.369 e. The molecule has 0 bridgehead atoms. The van der Waals surface area contributed by atoms with E-state index < -0.39 is 0 Å². The van der Waals surface area contributed by atoms with Crippen LogP contribution in [0.4, 0.5) is 0 Å². The number of nitrogens with zero attached hydrogens (tertiary/aromatic N) is 4. The molecule has 136 valence electrons. The van der Waals surface area contributed by atoms with Crippen molar-refractivity contribution in [3.05, 3.63) is 35.0 Å². The lowest BCUT2D eigenvalue weighted by Gasteiger charge is -2.15. The van der Waals surface area contributed by atoms with Crippen LogP contribution in [0.2, 0.25) is 0 Å². The summed E-state index contributed by atoms with van der Waals surface area (Å²) in [6, 6.07) is 0. The molecule has 3 heterocycles. The molecule has 1 saturated heterocycles. The van der Waals surface area contributed by atoms with E-state index in [1.165, 1.54) is 18.4 Å². The summed E-state index contributed by atoms with van der Waals surface area (Å²) in [7, 11) is 1.89. The van der Waals surface area contributed by atoms with Gasteiger partial charge in [-0.2, -0.15) is 5.10 Å². The second kappa shape index (κ2) is 7.45. The van der Waals surface area contributed by atoms with Gasteiger partial charge in [0, 0.05) is 50.8 Å². The zero-order valence-electron chi connectivity index (χ0n) is 14.4. The van der Waals surface area contributed by atoms with E-state index in [1.807, 2.05) is 19.4 Å². The summed E-state index contributed by atoms with van der Waals surface area (Å²) in [6.45, 7) is 2.18. The number of amides is 1. The van der Waals surface area contributed by atoms with Gasteiger partial charge in [0.05, 0.1) is 12.1 Å². The molecule has 2 atom stereocenters. The monoisotopic (exact) mass is 457 g/mol. The molecule has 0 saturated carbocycles. The number of primary amides is 1. The highest BCUT2D eigenvalue weighted by molar-refractivity contribution is 14.0. The van der Waals surface area contributed by atoms with Gasteiger partial charge < -0.3 is 10.3 Å². The van der Waals surface area contributed by atoms with Crippen molar-refractivity contribution in [1.29, 1.82) is 0 Å². The zero-order valence-corrected chi connectivity index (χ0v) is 16.7. The Morgan fingerprint density at radius 1 is 1.36 bits per heavy atom. The third-order valence-electron chi connectivity index (χ3n) is 5.32. The van der Waals surface area contributed by atoms with E-state index in [2.05, 4.69) is 15.2 Å². The molecule has 2 N–H and O–H groups in total. The van der Waals surface area contributed by atoms with E-state index in [-0.39, 0.29) is 41.7 Å². The molecule has 1 aliphatic heterocycles. The summed E-state index contributed by atoms with van der Waals surface area (Å²) >= 11 is 0. The minimum absolute atomic E-state index is 0. The summed E-state index contributed by atoms with van der Waals surface area (Å²) in [5, 5.41) is 8.52. The van der Waals surface area contributed by atoms with Gasteiger partial charge in [0.25, 0.3) is 0 Å². The predicted molar refractivity (Wildman–Crippen MR) is 102 cm³/mol. The number of nitrogens with two attached hydrogens (primary N) is 1. The van der Waals surface area contributed by atoms with Crippen molar-refractivity contribution in [3.63, 3.8) is 0 Å². The SMILES string of the molecule is Cn1cc([C@H]2CN(Cc3noc4c3CCCC4)C[C@@H]2C(N)=O)cn1.I. The number of hydrogen-bond donors (Lipinski definition) is 1. The average molecular weight is 457 g/mol. The minimum atomic E-state index is -0.242. The van der Waals surface area contributed by atoms with Gasteiger partial charge in [-0.05, 0) is 24.8 Å². The fourth-order valence-electron chi connectivity index (χ4n) is 4.06. The van der Waals surface area contributed by atoms with Gasteiger partial charge in [0.1, 0.15) is 11.5 Å². The molecule has 0 radical (unpaired) electrons. The quantitative estimate of drug-likeness (QED) is 0.705. The Morgan fingerprint density at radius 2 is 2.16 bits per heavy atom. The fraction of sp³-hybridized carbons (Fsp3) is 0.588. The first kappa shape index (κ1) is 18.4. The highest BCUT2D eigenvalue weighted by atomic mass is 127. The minimum Gasteiger partial charge on any atom is -0.369 e. The zero-order chi connectivity index (χ0) is 16.7. The molecule has 1 amide bonds. The van der Waals surface area contributed by atoms with Crippen LogP contribution in [0.1, 0.15) is 41.3 Å². The van der Waals surface area contributed by atoms with Crippen molar-refractivity contribution >= 4 is 29.9 Å². The molecule has 8 heteroatoms. The Labute approximate surface area is 163 Å². The van der Waals surface area contributed by atoms with Crippen LogP contribution in [0.3, 0.4) is 0 Å². The maximum absolute atomic E-state index is 11.9. The summed E-state index contributed by atoms with van der Waals surface area (Å²) in [4.78, 5) is 14.2. The van der Waals surface area contributed by atoms with Crippen LogP contribution in [-0.4, -0.2) is 38.8 Å². The molecule has 7 nitrogen and oxygen atoms in total. The Bertz CT molecular complexity index is 756. The lowest BCUT2D eigenvalue weighted by atomic mass is 9.90. The number of hydrogen-bond acceptors (Lipinski definition) is 5. The number of carbonyl (C=O) groups excluding carboxylic acids is 1. The van der Waals surface area contributed by atoms with Gasteiger partial charge in [-0.3, -0.25) is 14.4 Å². The predicted octanol–water partition coefficient (Wildman–Crippen LogP) is 1.61. The molecule has 25 heavy (non-hydrogen) atoms. The number of halogens is 1. The third-order valence-corrected chi connectivity index (χ3v) is 5.32. The van der Waals surface area contributed by atoms with Gasteiger partial charge in [-0.1, -0.05) is 5.16 Å². The molecule has 1 aliphatic carbocycles. The molecule has 2 aromatic heterocycles.